The predicted octanol–water partition coefficient (Wildman–Crippen LogP) is 0.732. The van der Waals surface area contributed by atoms with E-state index < -0.39 is 42.1 Å². The van der Waals surface area contributed by atoms with Gasteiger partial charge in [0, 0.05) is 6.26 Å². The molecule has 1 rings (SSSR count). The molecule has 0 saturated heterocycles. The van der Waals surface area contributed by atoms with Crippen LogP contribution >= 0.6 is 0 Å². The van der Waals surface area contributed by atoms with Gasteiger partial charge in [-0.1, -0.05) is 0 Å². The van der Waals surface area contributed by atoms with Crippen LogP contribution in [0.4, 0.5) is 4.39 Å². The zero-order chi connectivity index (χ0) is 15.6. The molecule has 0 radical (unpaired) electrons. The topological polar surface area (TPSA) is 106 Å². The van der Waals surface area contributed by atoms with E-state index in [0.717, 1.165) is 18.4 Å². The molecule has 9 heteroatoms. The van der Waals surface area contributed by atoms with Crippen molar-refractivity contribution in [3.8, 4) is 0 Å². The number of hydrogen-bond donors (Lipinski definition) is 1. The monoisotopic (exact) mass is 324 g/mol. The Balaban J connectivity index is 2.96. The number of halogens is 1. The van der Waals surface area contributed by atoms with Crippen molar-refractivity contribution in [3.63, 3.8) is 0 Å². The molecule has 20 heavy (non-hydrogen) atoms. The lowest BCUT2D eigenvalue weighted by atomic mass is 10.2. The molecule has 0 unspecified atom stereocenters. The molecule has 0 bridgehead atoms. The van der Waals surface area contributed by atoms with Gasteiger partial charge in [-0.2, -0.15) is 0 Å². The third-order valence-electron chi connectivity index (χ3n) is 2.44. The van der Waals surface area contributed by atoms with Crippen LogP contribution in [-0.2, 0) is 19.7 Å². The summed E-state index contributed by atoms with van der Waals surface area (Å²) in [7, 11) is -7.28. The number of sulfone groups is 2. The van der Waals surface area contributed by atoms with Crippen LogP contribution < -0.4 is 0 Å². The van der Waals surface area contributed by atoms with Crippen LogP contribution in [0.1, 0.15) is 16.8 Å². The zero-order valence-electron chi connectivity index (χ0n) is 10.5. The lowest BCUT2D eigenvalue weighted by molar-refractivity contribution is 0.0696. The maximum Gasteiger partial charge on any atom is 0.335 e. The van der Waals surface area contributed by atoms with Crippen LogP contribution in [-0.4, -0.2) is 45.7 Å². The van der Waals surface area contributed by atoms with Crippen molar-refractivity contribution in [1.29, 1.82) is 0 Å². The number of carboxylic acids is 1. The van der Waals surface area contributed by atoms with Gasteiger partial charge in [0.25, 0.3) is 0 Å². The number of rotatable bonds is 6. The van der Waals surface area contributed by atoms with E-state index in [2.05, 4.69) is 0 Å². The molecule has 0 aliphatic rings. The Bertz CT molecular complexity index is 721. The lowest BCUT2D eigenvalue weighted by Crippen LogP contribution is -2.13. The van der Waals surface area contributed by atoms with Crippen LogP contribution in [0.3, 0.4) is 0 Å². The van der Waals surface area contributed by atoms with Crippen LogP contribution in [0.5, 0.6) is 0 Å². The minimum absolute atomic E-state index is 0.151. The second-order valence-corrected chi connectivity index (χ2v) is 8.59. The maximum absolute atomic E-state index is 13.6. The van der Waals surface area contributed by atoms with Crippen LogP contribution in [0.2, 0.25) is 0 Å². The van der Waals surface area contributed by atoms with Gasteiger partial charge in [-0.3, -0.25) is 0 Å². The molecule has 0 aliphatic carbocycles. The van der Waals surface area contributed by atoms with E-state index in [4.69, 9.17) is 5.11 Å². The van der Waals surface area contributed by atoms with Crippen molar-refractivity contribution < 1.29 is 31.1 Å². The molecule has 0 saturated carbocycles. The fourth-order valence-corrected chi connectivity index (χ4v) is 3.73. The summed E-state index contributed by atoms with van der Waals surface area (Å²) >= 11 is 0. The fourth-order valence-electron chi connectivity index (χ4n) is 1.51. The van der Waals surface area contributed by atoms with E-state index >= 15 is 0 Å². The zero-order valence-corrected chi connectivity index (χ0v) is 12.2. The van der Waals surface area contributed by atoms with Crippen LogP contribution in [0.25, 0.3) is 0 Å². The fraction of sp³-hybridized carbons (Fsp3) is 0.364. The van der Waals surface area contributed by atoms with Crippen molar-refractivity contribution in [2.24, 2.45) is 0 Å². The minimum atomic E-state index is -3.99. The predicted molar refractivity (Wildman–Crippen MR) is 69.7 cm³/mol. The van der Waals surface area contributed by atoms with Crippen molar-refractivity contribution in [3.05, 3.63) is 29.6 Å². The van der Waals surface area contributed by atoms with Crippen molar-refractivity contribution in [2.75, 3.05) is 17.8 Å². The molecule has 1 aromatic rings. The standard InChI is InChI=1S/C11H13FO6S2/c1-19(15,16)5-2-6-20(17,18)10-4-3-8(11(13)14)7-9(10)12/h3-4,7H,2,5-6H2,1H3,(H,13,14). The molecule has 0 spiro atoms. The molecule has 0 amide bonds. The van der Waals surface area contributed by atoms with Crippen LogP contribution in [0, 0.1) is 5.82 Å². The molecule has 0 aliphatic heterocycles. The first kappa shape index (κ1) is 16.6. The van der Waals surface area contributed by atoms with Gasteiger partial charge in [0.2, 0.25) is 0 Å². The molecule has 6 nitrogen and oxygen atoms in total. The molecule has 1 N–H and O–H groups in total. The molecular formula is C11H13FO6S2. The van der Waals surface area contributed by atoms with Crippen molar-refractivity contribution in [2.45, 2.75) is 11.3 Å². The lowest BCUT2D eigenvalue weighted by Gasteiger charge is -2.06. The molecule has 0 atom stereocenters. The quantitative estimate of drug-likeness (QED) is 0.827. The first-order valence-corrected chi connectivity index (χ1v) is 9.17. The highest BCUT2D eigenvalue weighted by Gasteiger charge is 2.21. The summed E-state index contributed by atoms with van der Waals surface area (Å²) in [6.07, 6.45) is 0.823. The number of hydrogen-bond acceptors (Lipinski definition) is 5. The molecule has 0 heterocycles. The first-order chi connectivity index (χ1) is 9.03. The minimum Gasteiger partial charge on any atom is -0.478 e. The van der Waals surface area contributed by atoms with Gasteiger partial charge in [-0.15, -0.1) is 0 Å². The van der Waals surface area contributed by atoms with E-state index in [0.29, 0.717) is 6.07 Å². The Morgan fingerprint density at radius 1 is 1.20 bits per heavy atom. The average Bonchev–Trinajstić information content (AvgIpc) is 2.26. The second kappa shape index (κ2) is 5.88. The summed E-state index contributed by atoms with van der Waals surface area (Å²) in [4.78, 5) is 9.99. The third-order valence-corrected chi connectivity index (χ3v) is 5.30. The molecule has 112 valence electrons. The Hall–Kier alpha value is -1.48. The largest absolute Gasteiger partial charge is 0.478 e. The van der Waals surface area contributed by atoms with Gasteiger partial charge in [0.1, 0.15) is 20.5 Å². The van der Waals surface area contributed by atoms with Gasteiger partial charge < -0.3 is 5.11 Å². The molecular weight excluding hydrogens is 311 g/mol. The molecule has 1 aromatic carbocycles. The smallest absolute Gasteiger partial charge is 0.335 e. The molecule has 0 aromatic heterocycles. The summed E-state index contributed by atoms with van der Waals surface area (Å²) < 4.78 is 59.1. The van der Waals surface area contributed by atoms with Gasteiger partial charge in [-0.05, 0) is 24.6 Å². The number of aromatic carboxylic acids is 1. The second-order valence-electron chi connectivity index (χ2n) is 4.25. The Morgan fingerprint density at radius 2 is 1.80 bits per heavy atom. The van der Waals surface area contributed by atoms with Gasteiger partial charge in [-0.25, -0.2) is 26.0 Å². The van der Waals surface area contributed by atoms with E-state index in [9.17, 15) is 26.0 Å². The summed E-state index contributed by atoms with van der Waals surface area (Å²) in [5.74, 6) is -3.38. The normalized spacial score (nSPS) is 12.3. The highest BCUT2D eigenvalue weighted by Crippen LogP contribution is 2.18. The van der Waals surface area contributed by atoms with E-state index in [1.54, 1.807) is 0 Å². The Kier molecular flexibility index (Phi) is 4.87. The number of carbonyl (C=O) groups is 1. The van der Waals surface area contributed by atoms with E-state index in [1.165, 1.54) is 0 Å². The summed E-state index contributed by atoms with van der Waals surface area (Å²) in [6, 6.07) is 2.47. The Labute approximate surface area is 116 Å². The van der Waals surface area contributed by atoms with E-state index in [-0.39, 0.29) is 17.7 Å². The van der Waals surface area contributed by atoms with Crippen molar-refractivity contribution >= 4 is 25.6 Å². The summed E-state index contributed by atoms with van der Waals surface area (Å²) in [5, 5.41) is 8.65. The number of benzene rings is 1. The SMILES string of the molecule is CS(=O)(=O)CCCS(=O)(=O)c1ccc(C(=O)O)cc1F. The maximum atomic E-state index is 13.6. The summed E-state index contributed by atoms with van der Waals surface area (Å²) in [6.45, 7) is 0. The van der Waals surface area contributed by atoms with Gasteiger partial charge in [0.05, 0.1) is 17.1 Å². The Morgan fingerprint density at radius 3 is 2.25 bits per heavy atom. The van der Waals surface area contributed by atoms with E-state index in [1.807, 2.05) is 0 Å². The summed E-state index contributed by atoms with van der Waals surface area (Å²) in [5.41, 5.74) is -0.363. The molecule has 0 fully saturated rings. The third kappa shape index (κ3) is 4.57. The van der Waals surface area contributed by atoms with Crippen LogP contribution in [0.15, 0.2) is 23.1 Å². The first-order valence-electron chi connectivity index (χ1n) is 5.46. The highest BCUT2D eigenvalue weighted by molar-refractivity contribution is 7.92. The average molecular weight is 324 g/mol. The highest BCUT2D eigenvalue weighted by atomic mass is 32.2. The number of carboxylic acid groups (broad SMARTS) is 1. The van der Waals surface area contributed by atoms with Crippen molar-refractivity contribution in [1.82, 2.24) is 0 Å². The van der Waals surface area contributed by atoms with Gasteiger partial charge >= 0.3 is 5.97 Å². The van der Waals surface area contributed by atoms with Gasteiger partial charge in [0.15, 0.2) is 9.84 Å².